The predicted molar refractivity (Wildman–Crippen MR) is 117 cm³/mol. The molecule has 150 valence electrons. The molecule has 0 atom stereocenters. The minimum absolute atomic E-state index is 0.637. The Balaban J connectivity index is 1.87. The van der Waals surface area contributed by atoms with Crippen LogP contribution in [0.4, 0.5) is 0 Å². The van der Waals surface area contributed by atoms with E-state index in [1.54, 1.807) is 6.07 Å². The third-order valence-electron chi connectivity index (χ3n) is 4.65. The van der Waals surface area contributed by atoms with Crippen LogP contribution in [0.3, 0.4) is 0 Å². The molecule has 0 heterocycles. The molecule has 2 heteroatoms. The van der Waals surface area contributed by atoms with Crippen molar-refractivity contribution in [2.75, 3.05) is 6.61 Å². The highest BCUT2D eigenvalue weighted by Crippen LogP contribution is 2.16. The summed E-state index contributed by atoms with van der Waals surface area (Å²) in [6, 6.07) is 7.41. The van der Waals surface area contributed by atoms with Crippen molar-refractivity contribution in [3.8, 4) is 5.75 Å². The fourth-order valence-electron chi connectivity index (χ4n) is 2.98. The van der Waals surface area contributed by atoms with Crippen molar-refractivity contribution in [3.63, 3.8) is 0 Å². The molecule has 0 unspecified atom stereocenters. The Morgan fingerprint density at radius 3 is 2.11 bits per heavy atom. The molecule has 0 fully saturated rings. The van der Waals surface area contributed by atoms with Crippen molar-refractivity contribution >= 4 is 6.29 Å². The van der Waals surface area contributed by atoms with E-state index in [4.69, 9.17) is 4.74 Å². The van der Waals surface area contributed by atoms with Crippen LogP contribution in [0.2, 0.25) is 0 Å². The van der Waals surface area contributed by atoms with Crippen molar-refractivity contribution in [3.05, 3.63) is 54.1 Å². The number of hydrogen-bond donors (Lipinski definition) is 0. The van der Waals surface area contributed by atoms with Gasteiger partial charge in [0.2, 0.25) is 0 Å². The number of carbonyl (C=O) groups excluding carboxylic acids is 1. The van der Waals surface area contributed by atoms with Gasteiger partial charge in [-0.1, -0.05) is 81.9 Å². The van der Waals surface area contributed by atoms with Gasteiger partial charge in [0, 0.05) is 0 Å². The van der Waals surface area contributed by atoms with Gasteiger partial charge in [-0.15, -0.1) is 0 Å². The second kappa shape index (κ2) is 17.6. The van der Waals surface area contributed by atoms with Crippen LogP contribution in [0.15, 0.2) is 48.6 Å². The first kappa shape index (κ1) is 23.2. The van der Waals surface area contributed by atoms with Crippen LogP contribution in [0, 0.1) is 0 Å². The van der Waals surface area contributed by atoms with Crippen molar-refractivity contribution < 1.29 is 9.53 Å². The van der Waals surface area contributed by atoms with Crippen LogP contribution in [0.25, 0.3) is 0 Å². The normalized spacial score (nSPS) is 11.4. The van der Waals surface area contributed by atoms with Gasteiger partial charge in [-0.25, -0.2) is 0 Å². The zero-order chi connectivity index (χ0) is 19.4. The monoisotopic (exact) mass is 370 g/mol. The summed E-state index contributed by atoms with van der Waals surface area (Å²) < 4.78 is 5.70. The molecule has 1 aromatic rings. The highest BCUT2D eigenvalue weighted by Gasteiger charge is 2.00. The Bertz CT molecular complexity index is 531. The second-order valence-corrected chi connectivity index (χ2v) is 7.09. The summed E-state index contributed by atoms with van der Waals surface area (Å²) in [5.74, 6) is 0.704. The maximum Gasteiger partial charge on any atom is 0.153 e. The summed E-state index contributed by atoms with van der Waals surface area (Å²) in [5, 5.41) is 0. The maximum absolute atomic E-state index is 10.9. The lowest BCUT2D eigenvalue weighted by Gasteiger charge is -2.07. The molecule has 0 aliphatic rings. The molecular weight excluding hydrogens is 332 g/mol. The van der Waals surface area contributed by atoms with E-state index < -0.39 is 0 Å². The second-order valence-electron chi connectivity index (χ2n) is 7.09. The molecule has 0 saturated heterocycles. The van der Waals surface area contributed by atoms with Gasteiger partial charge >= 0.3 is 0 Å². The lowest BCUT2D eigenvalue weighted by atomic mass is 10.1. The highest BCUT2D eigenvalue weighted by atomic mass is 16.5. The van der Waals surface area contributed by atoms with Gasteiger partial charge in [0.15, 0.2) is 6.29 Å². The van der Waals surface area contributed by atoms with Crippen molar-refractivity contribution in [2.24, 2.45) is 0 Å². The highest BCUT2D eigenvalue weighted by molar-refractivity contribution is 5.79. The Labute approximate surface area is 166 Å². The fourth-order valence-corrected chi connectivity index (χ4v) is 2.98. The molecule has 0 aromatic heterocycles. The molecule has 27 heavy (non-hydrogen) atoms. The van der Waals surface area contributed by atoms with E-state index in [0.717, 1.165) is 19.1 Å². The number of benzene rings is 1. The number of unbranched alkanes of at least 4 members (excludes halogenated alkanes) is 9. The average Bonchev–Trinajstić information content (AvgIpc) is 2.70. The Hall–Kier alpha value is -1.83. The number of allylic oxidation sites excluding steroid dienone is 4. The first-order valence-electron chi connectivity index (χ1n) is 10.9. The van der Waals surface area contributed by atoms with Crippen LogP contribution in [0.5, 0.6) is 5.75 Å². The van der Waals surface area contributed by atoms with Gasteiger partial charge in [-0.2, -0.15) is 0 Å². The van der Waals surface area contributed by atoms with Gasteiger partial charge in [0.1, 0.15) is 5.75 Å². The number of hydrogen-bond acceptors (Lipinski definition) is 2. The molecule has 0 aliphatic carbocycles. The van der Waals surface area contributed by atoms with E-state index in [0.29, 0.717) is 17.9 Å². The van der Waals surface area contributed by atoms with E-state index in [2.05, 4.69) is 31.2 Å². The third-order valence-corrected chi connectivity index (χ3v) is 4.65. The number of rotatable bonds is 17. The minimum Gasteiger partial charge on any atom is -0.493 e. The molecular formula is C25H38O2. The van der Waals surface area contributed by atoms with Gasteiger partial charge in [0.05, 0.1) is 12.2 Å². The molecule has 2 nitrogen and oxygen atoms in total. The summed E-state index contributed by atoms with van der Waals surface area (Å²) in [6.45, 7) is 2.94. The minimum atomic E-state index is 0.637. The van der Waals surface area contributed by atoms with Crippen molar-refractivity contribution in [2.45, 2.75) is 84.0 Å². The molecule has 0 bridgehead atoms. The SMILES string of the molecule is CCCCC/C=C\C/C=C\CCCCCCCCOc1ccccc1C=O. The zero-order valence-electron chi connectivity index (χ0n) is 17.2. The first-order valence-corrected chi connectivity index (χ1v) is 10.9. The smallest absolute Gasteiger partial charge is 0.153 e. The van der Waals surface area contributed by atoms with Gasteiger partial charge in [0.25, 0.3) is 0 Å². The van der Waals surface area contributed by atoms with Crippen molar-refractivity contribution in [1.82, 2.24) is 0 Å². The predicted octanol–water partition coefficient (Wildman–Crippen LogP) is 7.69. The number of aldehydes is 1. The van der Waals surface area contributed by atoms with Gasteiger partial charge < -0.3 is 4.74 Å². The average molecular weight is 371 g/mol. The van der Waals surface area contributed by atoms with Crippen LogP contribution < -0.4 is 4.74 Å². The summed E-state index contributed by atoms with van der Waals surface area (Å²) in [4.78, 5) is 10.9. The Morgan fingerprint density at radius 1 is 0.778 bits per heavy atom. The summed E-state index contributed by atoms with van der Waals surface area (Å²) in [6.07, 6.45) is 25.0. The number of ether oxygens (including phenoxy) is 1. The summed E-state index contributed by atoms with van der Waals surface area (Å²) in [7, 11) is 0. The largest absolute Gasteiger partial charge is 0.493 e. The third kappa shape index (κ3) is 13.1. The molecule has 1 rings (SSSR count). The Kier molecular flexibility index (Phi) is 15.1. The molecule has 0 aliphatic heterocycles. The number of para-hydroxylation sites is 1. The molecule has 0 saturated carbocycles. The summed E-state index contributed by atoms with van der Waals surface area (Å²) in [5.41, 5.74) is 0.637. The van der Waals surface area contributed by atoms with E-state index in [9.17, 15) is 4.79 Å². The van der Waals surface area contributed by atoms with E-state index in [1.807, 2.05) is 18.2 Å². The van der Waals surface area contributed by atoms with Crippen LogP contribution in [-0.4, -0.2) is 12.9 Å². The maximum atomic E-state index is 10.9. The lowest BCUT2D eigenvalue weighted by Crippen LogP contribution is -1.99. The van der Waals surface area contributed by atoms with Crippen LogP contribution >= 0.6 is 0 Å². The molecule has 1 aromatic carbocycles. The zero-order valence-corrected chi connectivity index (χ0v) is 17.2. The molecule has 0 N–H and O–H groups in total. The standard InChI is InChI=1S/C25H38O2/c1-2-3-4-5-6-7-8-9-10-11-12-13-14-15-16-19-22-27-25-21-18-17-20-24(25)23-26/h6-7,9-10,17-18,20-21,23H,2-5,8,11-16,19,22H2,1H3/b7-6-,10-9-. The Morgan fingerprint density at radius 2 is 1.41 bits per heavy atom. The number of carbonyl (C=O) groups is 1. The molecule has 0 spiro atoms. The van der Waals surface area contributed by atoms with Gasteiger partial charge in [-0.3, -0.25) is 4.79 Å². The topological polar surface area (TPSA) is 26.3 Å². The first-order chi connectivity index (χ1) is 13.4. The lowest BCUT2D eigenvalue weighted by molar-refractivity contribution is 0.111. The summed E-state index contributed by atoms with van der Waals surface area (Å²) >= 11 is 0. The van der Waals surface area contributed by atoms with E-state index in [1.165, 1.54) is 64.2 Å². The van der Waals surface area contributed by atoms with E-state index >= 15 is 0 Å². The van der Waals surface area contributed by atoms with Crippen molar-refractivity contribution in [1.29, 1.82) is 0 Å². The molecule has 0 amide bonds. The fraction of sp³-hybridized carbons (Fsp3) is 0.560. The van der Waals surface area contributed by atoms with E-state index in [-0.39, 0.29) is 0 Å². The quantitative estimate of drug-likeness (QED) is 0.160. The molecule has 0 radical (unpaired) electrons. The van der Waals surface area contributed by atoms with Crippen LogP contribution in [0.1, 0.15) is 94.3 Å². The van der Waals surface area contributed by atoms with Gasteiger partial charge in [-0.05, 0) is 50.7 Å². The van der Waals surface area contributed by atoms with Crippen LogP contribution in [-0.2, 0) is 0 Å².